The first-order valence-electron chi connectivity index (χ1n) is 8.07. The van der Waals surface area contributed by atoms with Gasteiger partial charge in [-0.05, 0) is 21.9 Å². The Morgan fingerprint density at radius 2 is 1.71 bits per heavy atom. The summed E-state index contributed by atoms with van der Waals surface area (Å²) in [6, 6.07) is 24.2. The minimum atomic E-state index is -0.108. The van der Waals surface area contributed by atoms with E-state index >= 15 is 0 Å². The van der Waals surface area contributed by atoms with Gasteiger partial charge in [0.1, 0.15) is 0 Å². The van der Waals surface area contributed by atoms with Crippen LogP contribution in [0.2, 0.25) is 0 Å². The van der Waals surface area contributed by atoms with Crippen molar-refractivity contribution in [1.82, 2.24) is 5.43 Å². The van der Waals surface area contributed by atoms with Gasteiger partial charge in [0.25, 0.3) is 0 Å². The molecule has 120 valence electrons. The Bertz CT molecular complexity index is 851. The van der Waals surface area contributed by atoms with Gasteiger partial charge >= 0.3 is 0 Å². The van der Waals surface area contributed by atoms with Gasteiger partial charge in [-0.1, -0.05) is 79.7 Å². The lowest BCUT2D eigenvalue weighted by molar-refractivity contribution is -0.120. The number of fused-ring (bicyclic) bond motifs is 1. The maximum atomic E-state index is 12.1. The van der Waals surface area contributed by atoms with E-state index in [4.69, 9.17) is 0 Å². The Labute approximate surface area is 142 Å². The summed E-state index contributed by atoms with van der Waals surface area (Å²) < 4.78 is 0. The average molecular weight is 316 g/mol. The van der Waals surface area contributed by atoms with E-state index in [0.717, 1.165) is 16.3 Å². The molecule has 1 unspecified atom stereocenters. The monoisotopic (exact) mass is 316 g/mol. The number of benzene rings is 3. The van der Waals surface area contributed by atoms with E-state index in [1.54, 1.807) is 6.21 Å². The highest BCUT2D eigenvalue weighted by Gasteiger charge is 2.06. The number of carbonyl (C=O) groups excluding carboxylic acids is 1. The Kier molecular flexibility index (Phi) is 5.02. The maximum Gasteiger partial charge on any atom is 0.244 e. The number of nitrogens with one attached hydrogen (secondary N) is 1. The number of hydrogen-bond donors (Lipinski definition) is 1. The van der Waals surface area contributed by atoms with Crippen LogP contribution in [0.4, 0.5) is 0 Å². The molecule has 0 aromatic heterocycles. The van der Waals surface area contributed by atoms with Crippen LogP contribution in [-0.2, 0) is 11.2 Å². The molecule has 0 saturated heterocycles. The van der Waals surface area contributed by atoms with E-state index in [9.17, 15) is 4.79 Å². The fraction of sp³-hybridized carbons (Fsp3) is 0.143. The summed E-state index contributed by atoms with van der Waals surface area (Å²) in [4.78, 5) is 12.1. The molecule has 3 aromatic carbocycles. The standard InChI is InChI=1S/C21H20N2O/c1-16(17-8-3-2-4-9-17)15-22-23-21(24)14-19-12-7-11-18-10-5-6-13-20(18)19/h2-13,15-16H,14H2,1H3,(H,23,24)/b22-15+. The summed E-state index contributed by atoms with van der Waals surface area (Å²) in [5.74, 6) is 0.0481. The Morgan fingerprint density at radius 3 is 2.54 bits per heavy atom. The van der Waals surface area contributed by atoms with Crippen LogP contribution in [0.25, 0.3) is 10.8 Å². The summed E-state index contributed by atoms with van der Waals surface area (Å²) in [6.45, 7) is 2.05. The van der Waals surface area contributed by atoms with Gasteiger partial charge < -0.3 is 0 Å². The minimum absolute atomic E-state index is 0.108. The summed E-state index contributed by atoms with van der Waals surface area (Å²) >= 11 is 0. The lowest BCUT2D eigenvalue weighted by atomic mass is 10.0. The second-order valence-electron chi connectivity index (χ2n) is 5.83. The van der Waals surface area contributed by atoms with E-state index in [0.29, 0.717) is 6.42 Å². The van der Waals surface area contributed by atoms with E-state index in [-0.39, 0.29) is 11.8 Å². The van der Waals surface area contributed by atoms with Crippen LogP contribution >= 0.6 is 0 Å². The fourth-order valence-corrected chi connectivity index (χ4v) is 2.72. The molecule has 3 rings (SSSR count). The highest BCUT2D eigenvalue weighted by atomic mass is 16.2. The van der Waals surface area contributed by atoms with Crippen molar-refractivity contribution in [2.45, 2.75) is 19.3 Å². The zero-order valence-corrected chi connectivity index (χ0v) is 13.6. The molecule has 0 aliphatic heterocycles. The lowest BCUT2D eigenvalue weighted by Crippen LogP contribution is -2.20. The third-order valence-corrected chi connectivity index (χ3v) is 4.04. The molecule has 0 aliphatic rings. The SMILES string of the molecule is CC(/C=N/NC(=O)Cc1cccc2ccccc12)c1ccccc1. The van der Waals surface area contributed by atoms with Crippen LogP contribution in [0.3, 0.4) is 0 Å². The van der Waals surface area contributed by atoms with Crippen molar-refractivity contribution < 1.29 is 4.79 Å². The van der Waals surface area contributed by atoms with E-state index in [2.05, 4.69) is 41.7 Å². The Morgan fingerprint density at radius 1 is 1.00 bits per heavy atom. The van der Waals surface area contributed by atoms with E-state index < -0.39 is 0 Å². The third-order valence-electron chi connectivity index (χ3n) is 4.04. The largest absolute Gasteiger partial charge is 0.273 e. The molecule has 24 heavy (non-hydrogen) atoms. The van der Waals surface area contributed by atoms with Gasteiger partial charge in [-0.15, -0.1) is 0 Å². The van der Waals surface area contributed by atoms with Crippen molar-refractivity contribution in [3.05, 3.63) is 83.9 Å². The molecule has 0 heterocycles. The zero-order valence-electron chi connectivity index (χ0n) is 13.6. The number of hydrogen-bond acceptors (Lipinski definition) is 2. The highest BCUT2D eigenvalue weighted by molar-refractivity contribution is 5.90. The van der Waals surface area contributed by atoms with Gasteiger partial charge in [0.15, 0.2) is 0 Å². The Balaban J connectivity index is 1.62. The molecule has 1 N–H and O–H groups in total. The minimum Gasteiger partial charge on any atom is -0.273 e. The molecule has 0 fully saturated rings. The summed E-state index contributed by atoms with van der Waals surface area (Å²) in [7, 11) is 0. The number of nitrogens with zero attached hydrogens (tertiary/aromatic N) is 1. The highest BCUT2D eigenvalue weighted by Crippen LogP contribution is 2.18. The van der Waals surface area contributed by atoms with Crippen LogP contribution in [0.1, 0.15) is 24.0 Å². The van der Waals surface area contributed by atoms with Gasteiger partial charge in [0.05, 0.1) is 6.42 Å². The predicted molar refractivity (Wildman–Crippen MR) is 99.1 cm³/mol. The molecule has 0 spiro atoms. The summed E-state index contributed by atoms with van der Waals surface area (Å²) in [6.07, 6.45) is 2.08. The molecule has 1 atom stereocenters. The van der Waals surface area contributed by atoms with Crippen LogP contribution in [-0.4, -0.2) is 12.1 Å². The molecule has 3 nitrogen and oxygen atoms in total. The second-order valence-corrected chi connectivity index (χ2v) is 5.83. The Hall–Kier alpha value is -2.94. The first-order chi connectivity index (χ1) is 11.7. The summed E-state index contributed by atoms with van der Waals surface area (Å²) in [5, 5.41) is 6.35. The predicted octanol–water partition coefficient (Wildman–Crippen LogP) is 4.29. The van der Waals surface area contributed by atoms with Crippen molar-refractivity contribution in [1.29, 1.82) is 0 Å². The molecule has 0 saturated carbocycles. The number of hydrazone groups is 1. The third kappa shape index (κ3) is 3.87. The van der Waals surface area contributed by atoms with Crippen LogP contribution < -0.4 is 5.43 Å². The van der Waals surface area contributed by atoms with Crippen LogP contribution in [0.15, 0.2) is 77.9 Å². The summed E-state index contributed by atoms with van der Waals surface area (Å²) in [5.41, 5.74) is 4.81. The van der Waals surface area contributed by atoms with Gasteiger partial charge in [-0.25, -0.2) is 5.43 Å². The van der Waals surface area contributed by atoms with Crippen molar-refractivity contribution in [3.63, 3.8) is 0 Å². The number of amides is 1. The molecule has 3 aromatic rings. The smallest absolute Gasteiger partial charge is 0.244 e. The first-order valence-corrected chi connectivity index (χ1v) is 8.07. The van der Waals surface area contributed by atoms with Crippen LogP contribution in [0.5, 0.6) is 0 Å². The van der Waals surface area contributed by atoms with Gasteiger partial charge in [-0.3, -0.25) is 4.79 Å². The molecule has 0 radical (unpaired) electrons. The first kappa shape index (κ1) is 15.9. The van der Waals surface area contributed by atoms with Gasteiger partial charge in [0, 0.05) is 12.1 Å². The number of carbonyl (C=O) groups is 1. The van der Waals surface area contributed by atoms with Crippen molar-refractivity contribution >= 4 is 22.9 Å². The van der Waals surface area contributed by atoms with Crippen LogP contribution in [0, 0.1) is 0 Å². The average Bonchev–Trinajstić information content (AvgIpc) is 2.63. The number of rotatable bonds is 5. The fourth-order valence-electron chi connectivity index (χ4n) is 2.72. The molecular formula is C21H20N2O. The normalized spacial score (nSPS) is 12.4. The second kappa shape index (κ2) is 7.55. The molecule has 0 bridgehead atoms. The molecular weight excluding hydrogens is 296 g/mol. The molecule has 1 amide bonds. The van der Waals surface area contributed by atoms with Crippen molar-refractivity contribution in [3.8, 4) is 0 Å². The van der Waals surface area contributed by atoms with E-state index in [1.165, 1.54) is 5.56 Å². The van der Waals surface area contributed by atoms with Crippen molar-refractivity contribution in [2.75, 3.05) is 0 Å². The zero-order chi connectivity index (χ0) is 16.8. The maximum absolute atomic E-state index is 12.1. The quantitative estimate of drug-likeness (QED) is 0.554. The molecule has 3 heteroatoms. The van der Waals surface area contributed by atoms with Crippen molar-refractivity contribution in [2.24, 2.45) is 5.10 Å². The molecule has 0 aliphatic carbocycles. The van der Waals surface area contributed by atoms with Gasteiger partial charge in [-0.2, -0.15) is 5.10 Å². The van der Waals surface area contributed by atoms with E-state index in [1.807, 2.05) is 48.5 Å². The topological polar surface area (TPSA) is 41.5 Å². The van der Waals surface area contributed by atoms with Gasteiger partial charge in [0.2, 0.25) is 5.91 Å². The lowest BCUT2D eigenvalue weighted by Gasteiger charge is -2.07.